The molecule has 1 aliphatic rings. The van der Waals surface area contributed by atoms with Crippen molar-refractivity contribution >= 4 is 28.5 Å². The van der Waals surface area contributed by atoms with Crippen molar-refractivity contribution < 1.29 is 0 Å². The molecule has 30 heavy (non-hydrogen) atoms. The summed E-state index contributed by atoms with van der Waals surface area (Å²) in [6.07, 6.45) is 6.18. The number of nitrogens with zero attached hydrogens (tertiary/aromatic N) is 5. The summed E-state index contributed by atoms with van der Waals surface area (Å²) in [5, 5.41) is 7.17. The summed E-state index contributed by atoms with van der Waals surface area (Å²) < 4.78 is 3.63. The number of hydrogen-bond donors (Lipinski definition) is 1. The molecule has 0 atom stereocenters. The molecule has 2 N–H and O–H groups in total. The van der Waals surface area contributed by atoms with Gasteiger partial charge in [0.1, 0.15) is 17.8 Å². The lowest BCUT2D eigenvalue weighted by molar-refractivity contribution is 0.525. The summed E-state index contributed by atoms with van der Waals surface area (Å²) in [5.41, 5.74) is 9.39. The van der Waals surface area contributed by atoms with Crippen LogP contribution in [-0.4, -0.2) is 24.3 Å². The van der Waals surface area contributed by atoms with E-state index in [4.69, 9.17) is 5.73 Å². The SMILES string of the molecule is CCC#Cc1nn(Cc2cc3c(c(=O)n2C(C)C)=C(C)CCC=3)c2ncnc(N)c12. The molecule has 7 heteroatoms. The molecular weight excluding hydrogens is 376 g/mol. The highest BCUT2D eigenvalue weighted by Crippen LogP contribution is 2.21. The molecule has 0 saturated carbocycles. The Morgan fingerprint density at radius 2 is 2.10 bits per heavy atom. The number of anilines is 1. The maximum Gasteiger partial charge on any atom is 0.258 e. The number of rotatable bonds is 3. The molecule has 3 heterocycles. The van der Waals surface area contributed by atoms with Gasteiger partial charge >= 0.3 is 0 Å². The Morgan fingerprint density at radius 3 is 2.83 bits per heavy atom. The first-order valence-corrected chi connectivity index (χ1v) is 10.3. The molecule has 0 bridgehead atoms. The predicted molar refractivity (Wildman–Crippen MR) is 119 cm³/mol. The van der Waals surface area contributed by atoms with E-state index in [0.717, 1.165) is 34.5 Å². The Labute approximate surface area is 175 Å². The maximum absolute atomic E-state index is 13.4. The fourth-order valence-electron chi connectivity index (χ4n) is 4.10. The molecule has 0 fully saturated rings. The van der Waals surface area contributed by atoms with E-state index in [1.54, 1.807) is 4.68 Å². The quantitative estimate of drug-likeness (QED) is 0.674. The third-order valence-corrected chi connectivity index (χ3v) is 5.43. The Bertz CT molecular complexity index is 1380. The normalized spacial score (nSPS) is 13.2. The number of aromatic nitrogens is 5. The van der Waals surface area contributed by atoms with Gasteiger partial charge in [-0.2, -0.15) is 5.10 Å². The summed E-state index contributed by atoms with van der Waals surface area (Å²) in [4.78, 5) is 21.9. The lowest BCUT2D eigenvalue weighted by atomic mass is 10.0. The number of nitrogen functional groups attached to an aromatic ring is 1. The first-order valence-electron chi connectivity index (χ1n) is 10.3. The highest BCUT2D eigenvalue weighted by Gasteiger charge is 2.18. The van der Waals surface area contributed by atoms with Crippen LogP contribution in [0.1, 0.15) is 64.4 Å². The highest BCUT2D eigenvalue weighted by atomic mass is 16.1. The van der Waals surface area contributed by atoms with Gasteiger partial charge in [0.25, 0.3) is 5.56 Å². The first-order chi connectivity index (χ1) is 14.4. The van der Waals surface area contributed by atoms with E-state index in [1.807, 2.05) is 25.3 Å². The van der Waals surface area contributed by atoms with Crippen molar-refractivity contribution in [2.75, 3.05) is 5.73 Å². The van der Waals surface area contributed by atoms with Crippen LogP contribution >= 0.6 is 0 Å². The molecule has 1 aliphatic carbocycles. The number of fused-ring (bicyclic) bond motifs is 2. The van der Waals surface area contributed by atoms with E-state index in [9.17, 15) is 4.79 Å². The molecular formula is C23H26N6O. The molecule has 0 aliphatic heterocycles. The van der Waals surface area contributed by atoms with Crippen molar-refractivity contribution in [3.63, 3.8) is 0 Å². The van der Waals surface area contributed by atoms with E-state index >= 15 is 0 Å². The predicted octanol–water partition coefficient (Wildman–Crippen LogP) is 1.71. The molecule has 7 nitrogen and oxygen atoms in total. The van der Waals surface area contributed by atoms with Crippen molar-refractivity contribution in [1.29, 1.82) is 0 Å². The zero-order chi connectivity index (χ0) is 21.4. The fourth-order valence-corrected chi connectivity index (χ4v) is 4.10. The third kappa shape index (κ3) is 3.28. The Hall–Kier alpha value is -3.40. The molecule has 3 aromatic rings. The topological polar surface area (TPSA) is 91.6 Å². The Kier molecular flexibility index (Phi) is 5.17. The molecule has 0 saturated heterocycles. The van der Waals surface area contributed by atoms with Gasteiger partial charge < -0.3 is 10.3 Å². The van der Waals surface area contributed by atoms with Crippen molar-refractivity contribution in [3.05, 3.63) is 44.6 Å². The lowest BCUT2D eigenvalue weighted by Crippen LogP contribution is -2.49. The minimum atomic E-state index is 0.0217. The Balaban J connectivity index is 1.96. The highest BCUT2D eigenvalue weighted by molar-refractivity contribution is 5.90. The zero-order valence-corrected chi connectivity index (χ0v) is 17.9. The van der Waals surface area contributed by atoms with Crippen LogP contribution in [0.25, 0.3) is 22.7 Å². The van der Waals surface area contributed by atoms with Crippen LogP contribution in [0.5, 0.6) is 0 Å². The summed E-state index contributed by atoms with van der Waals surface area (Å²) in [7, 11) is 0. The van der Waals surface area contributed by atoms with Gasteiger partial charge in [-0.25, -0.2) is 14.6 Å². The minimum Gasteiger partial charge on any atom is -0.383 e. The van der Waals surface area contributed by atoms with Crippen molar-refractivity contribution in [1.82, 2.24) is 24.3 Å². The molecule has 4 rings (SSSR count). The summed E-state index contributed by atoms with van der Waals surface area (Å²) in [5.74, 6) is 6.47. The molecule has 0 aromatic carbocycles. The van der Waals surface area contributed by atoms with Crippen molar-refractivity contribution in [2.24, 2.45) is 0 Å². The fraction of sp³-hybridized carbons (Fsp3) is 0.391. The smallest absolute Gasteiger partial charge is 0.258 e. The molecule has 0 unspecified atom stereocenters. The molecule has 0 amide bonds. The van der Waals surface area contributed by atoms with E-state index in [0.29, 0.717) is 35.5 Å². The minimum absolute atomic E-state index is 0.0217. The number of nitrogens with two attached hydrogens (primary N) is 1. The van der Waals surface area contributed by atoms with Crippen LogP contribution in [-0.2, 0) is 6.54 Å². The van der Waals surface area contributed by atoms with Gasteiger partial charge in [0.15, 0.2) is 5.65 Å². The van der Waals surface area contributed by atoms with Crippen molar-refractivity contribution in [3.8, 4) is 11.8 Å². The molecule has 154 valence electrons. The molecule has 0 radical (unpaired) electrons. The van der Waals surface area contributed by atoms with Crippen LogP contribution < -0.4 is 21.7 Å². The monoisotopic (exact) mass is 402 g/mol. The Morgan fingerprint density at radius 1 is 1.30 bits per heavy atom. The van der Waals surface area contributed by atoms with Crippen molar-refractivity contribution in [2.45, 2.75) is 59.5 Å². The van der Waals surface area contributed by atoms with Gasteiger partial charge in [-0.15, -0.1) is 0 Å². The van der Waals surface area contributed by atoms with Gasteiger partial charge in [0.05, 0.1) is 11.9 Å². The summed E-state index contributed by atoms with van der Waals surface area (Å²) >= 11 is 0. The lowest BCUT2D eigenvalue weighted by Gasteiger charge is -2.19. The van der Waals surface area contributed by atoms with E-state index in [-0.39, 0.29) is 11.6 Å². The van der Waals surface area contributed by atoms with Gasteiger partial charge in [-0.05, 0) is 50.8 Å². The second-order valence-corrected chi connectivity index (χ2v) is 7.88. The first kappa shape index (κ1) is 19.9. The maximum atomic E-state index is 13.4. The van der Waals surface area contributed by atoms with Gasteiger partial charge in [-0.1, -0.05) is 24.5 Å². The van der Waals surface area contributed by atoms with Crippen LogP contribution in [0.15, 0.2) is 17.2 Å². The molecule has 0 spiro atoms. The average Bonchev–Trinajstić information content (AvgIpc) is 3.04. The molecule has 3 aromatic heterocycles. The second kappa shape index (κ2) is 7.79. The summed E-state index contributed by atoms with van der Waals surface area (Å²) in [6, 6.07) is 2.13. The van der Waals surface area contributed by atoms with Crippen LogP contribution in [0.2, 0.25) is 0 Å². The average molecular weight is 403 g/mol. The van der Waals surface area contributed by atoms with E-state index in [2.05, 4.69) is 46.0 Å². The van der Waals surface area contributed by atoms with Gasteiger partial charge in [0.2, 0.25) is 0 Å². The van der Waals surface area contributed by atoms with Gasteiger partial charge in [0, 0.05) is 23.4 Å². The van der Waals surface area contributed by atoms with Crippen LogP contribution in [0.3, 0.4) is 0 Å². The van der Waals surface area contributed by atoms with Gasteiger partial charge in [-0.3, -0.25) is 4.79 Å². The van der Waals surface area contributed by atoms with E-state index in [1.165, 1.54) is 6.33 Å². The largest absolute Gasteiger partial charge is 0.383 e. The standard InChI is InChI=1S/C23H26N6O/c1-5-6-10-18-20-21(24)25-13-26-22(20)28(27-18)12-17-11-16-9-7-8-15(4)19(16)23(30)29(17)14(2)3/h9,11,13-14H,5,7-8,12H2,1-4H3,(H2,24,25,26). The summed E-state index contributed by atoms with van der Waals surface area (Å²) in [6.45, 7) is 8.48. The second-order valence-electron chi connectivity index (χ2n) is 7.88. The van der Waals surface area contributed by atoms with E-state index < -0.39 is 0 Å². The number of pyridine rings is 1. The zero-order valence-electron chi connectivity index (χ0n) is 17.9. The van der Waals surface area contributed by atoms with Crippen LogP contribution in [0, 0.1) is 11.8 Å². The third-order valence-electron chi connectivity index (χ3n) is 5.43. The number of hydrogen-bond acceptors (Lipinski definition) is 5. The van der Waals surface area contributed by atoms with Crippen LogP contribution in [0.4, 0.5) is 5.82 Å².